The standard InChI is InChI=1S/C8H14BO8P/c1-12-17-18(11,13-2)16-6-5-7(9)15-8(6,3-10)4-14-5/h5-7,10H,3-4H2,1-2H3/t5?,6-,7-,8-,18?/m1/s1. The molecule has 0 aromatic heterocycles. The second kappa shape index (κ2) is 5.18. The predicted octanol–water partition coefficient (Wildman–Crippen LogP) is -0.641. The number of hydrogen-bond acceptors (Lipinski definition) is 8. The van der Waals surface area contributed by atoms with Crippen molar-refractivity contribution in [1.82, 2.24) is 0 Å². The van der Waals surface area contributed by atoms with Crippen LogP contribution in [-0.4, -0.2) is 64.2 Å². The van der Waals surface area contributed by atoms with Crippen molar-refractivity contribution in [3.63, 3.8) is 0 Å². The van der Waals surface area contributed by atoms with Crippen LogP contribution in [0.4, 0.5) is 0 Å². The Morgan fingerprint density at radius 2 is 2.28 bits per heavy atom. The molecule has 2 heterocycles. The zero-order valence-electron chi connectivity index (χ0n) is 9.98. The van der Waals surface area contributed by atoms with Gasteiger partial charge in [-0.1, -0.05) is 0 Å². The van der Waals surface area contributed by atoms with Crippen LogP contribution in [0.15, 0.2) is 0 Å². The highest BCUT2D eigenvalue weighted by atomic mass is 31.2. The van der Waals surface area contributed by atoms with Crippen molar-refractivity contribution in [2.24, 2.45) is 0 Å². The van der Waals surface area contributed by atoms with E-state index in [2.05, 4.69) is 14.1 Å². The summed E-state index contributed by atoms with van der Waals surface area (Å²) in [5.41, 5.74) is -1.16. The van der Waals surface area contributed by atoms with Gasteiger partial charge in [-0.3, -0.25) is 9.05 Å². The quantitative estimate of drug-likeness (QED) is 0.297. The van der Waals surface area contributed by atoms with E-state index in [1.807, 2.05) is 0 Å². The van der Waals surface area contributed by atoms with Crippen molar-refractivity contribution in [1.29, 1.82) is 0 Å². The Morgan fingerprint density at radius 3 is 2.78 bits per heavy atom. The van der Waals surface area contributed by atoms with Crippen molar-refractivity contribution in [2.75, 3.05) is 27.4 Å². The van der Waals surface area contributed by atoms with Gasteiger partial charge >= 0.3 is 7.82 Å². The lowest BCUT2D eigenvalue weighted by molar-refractivity contribution is -0.205. The first kappa shape index (κ1) is 14.4. The Balaban J connectivity index is 2.16. The van der Waals surface area contributed by atoms with Crippen molar-refractivity contribution in [3.05, 3.63) is 0 Å². The van der Waals surface area contributed by atoms with E-state index in [4.69, 9.17) is 21.8 Å². The lowest BCUT2D eigenvalue weighted by Gasteiger charge is -2.29. The highest BCUT2D eigenvalue weighted by Gasteiger charge is 2.62. The van der Waals surface area contributed by atoms with Gasteiger partial charge in [-0.25, -0.2) is 9.45 Å². The largest absolute Gasteiger partial charge is 0.502 e. The molecule has 18 heavy (non-hydrogen) atoms. The third-order valence-corrected chi connectivity index (χ3v) is 4.20. The van der Waals surface area contributed by atoms with Crippen LogP contribution in [0.2, 0.25) is 0 Å². The monoisotopic (exact) mass is 280 g/mol. The Hall–Kier alpha value is 0.0149. The average molecular weight is 280 g/mol. The summed E-state index contributed by atoms with van der Waals surface area (Å²) in [6.45, 7) is -0.304. The van der Waals surface area contributed by atoms with Gasteiger partial charge < -0.3 is 14.6 Å². The summed E-state index contributed by atoms with van der Waals surface area (Å²) in [4.78, 5) is 4.30. The van der Waals surface area contributed by atoms with Crippen LogP contribution in [0, 0.1) is 0 Å². The molecule has 0 amide bonds. The molecule has 102 valence electrons. The maximum absolute atomic E-state index is 12.0. The number of phosphoric acid groups is 1. The van der Waals surface area contributed by atoms with Gasteiger partial charge in [-0.2, -0.15) is 0 Å². The van der Waals surface area contributed by atoms with E-state index in [0.29, 0.717) is 0 Å². The minimum absolute atomic E-state index is 0.0865. The Labute approximate surface area is 105 Å². The second-order valence-electron chi connectivity index (χ2n) is 3.98. The summed E-state index contributed by atoms with van der Waals surface area (Å²) < 4.78 is 37.1. The van der Waals surface area contributed by atoms with E-state index in [9.17, 15) is 9.67 Å². The first-order valence-electron chi connectivity index (χ1n) is 5.23. The maximum atomic E-state index is 12.0. The normalized spacial score (nSPS) is 42.1. The zero-order valence-corrected chi connectivity index (χ0v) is 10.9. The third kappa shape index (κ3) is 2.25. The van der Waals surface area contributed by atoms with Crippen LogP contribution in [0.25, 0.3) is 0 Å². The van der Waals surface area contributed by atoms with Crippen molar-refractivity contribution < 1.29 is 37.8 Å². The Bertz CT molecular complexity index is 354. The van der Waals surface area contributed by atoms with Crippen molar-refractivity contribution >= 4 is 15.7 Å². The molecule has 2 rings (SSSR count). The average Bonchev–Trinajstić information content (AvgIpc) is 2.81. The van der Waals surface area contributed by atoms with Crippen LogP contribution < -0.4 is 0 Å². The smallest absolute Gasteiger partial charge is 0.393 e. The fourth-order valence-corrected chi connectivity index (χ4v) is 3.02. The first-order valence-corrected chi connectivity index (χ1v) is 6.69. The molecule has 10 heteroatoms. The summed E-state index contributed by atoms with van der Waals surface area (Å²) in [5.74, 6) is 0. The van der Waals surface area contributed by atoms with Crippen LogP contribution in [0.3, 0.4) is 0 Å². The van der Waals surface area contributed by atoms with Crippen molar-refractivity contribution in [3.8, 4) is 0 Å². The molecule has 2 saturated heterocycles. The van der Waals surface area contributed by atoms with Gasteiger partial charge in [0.2, 0.25) is 0 Å². The fraction of sp³-hybridized carbons (Fsp3) is 1.00. The molecule has 5 atom stereocenters. The van der Waals surface area contributed by atoms with Gasteiger partial charge in [0.05, 0.1) is 20.3 Å². The van der Waals surface area contributed by atoms with Crippen LogP contribution >= 0.6 is 7.82 Å². The van der Waals surface area contributed by atoms with Gasteiger partial charge in [0.25, 0.3) is 0 Å². The van der Waals surface area contributed by atoms with E-state index >= 15 is 0 Å². The number of aliphatic hydroxyl groups is 1. The number of hydrogen-bond donors (Lipinski definition) is 1. The Kier molecular flexibility index (Phi) is 4.15. The molecular weight excluding hydrogens is 266 g/mol. The van der Waals surface area contributed by atoms with Gasteiger partial charge in [-0.15, -0.1) is 4.67 Å². The lowest BCUT2D eigenvalue weighted by Crippen LogP contribution is -2.45. The van der Waals surface area contributed by atoms with E-state index in [-0.39, 0.29) is 6.61 Å². The Morgan fingerprint density at radius 1 is 1.56 bits per heavy atom. The molecule has 2 aliphatic rings. The molecule has 1 N–H and O–H groups in total. The number of fused-ring (bicyclic) bond motifs is 2. The topological polar surface area (TPSA) is 92.7 Å². The summed E-state index contributed by atoms with van der Waals surface area (Å²) >= 11 is 0. The molecule has 2 unspecified atom stereocenters. The third-order valence-electron chi connectivity index (χ3n) is 2.93. The minimum atomic E-state index is -3.92. The molecule has 2 fully saturated rings. The fourth-order valence-electron chi connectivity index (χ4n) is 2.06. The van der Waals surface area contributed by atoms with Crippen LogP contribution in [0.1, 0.15) is 0 Å². The molecular formula is C8H14BO8P. The molecule has 0 saturated carbocycles. The number of rotatable bonds is 6. The van der Waals surface area contributed by atoms with Gasteiger partial charge in [0.15, 0.2) is 0 Å². The molecule has 8 nitrogen and oxygen atoms in total. The minimum Gasteiger partial charge on any atom is -0.393 e. The SMILES string of the molecule is [B][C@@H]1O[C@]2(CO)COC1[C@H]2OP(=O)(OC)OOC. The highest BCUT2D eigenvalue weighted by molar-refractivity contribution is 7.48. The highest BCUT2D eigenvalue weighted by Crippen LogP contribution is 2.55. The van der Waals surface area contributed by atoms with Gasteiger partial charge in [0, 0.05) is 13.1 Å². The summed E-state index contributed by atoms with van der Waals surface area (Å²) in [6.07, 6.45) is -1.51. The van der Waals surface area contributed by atoms with E-state index in [1.165, 1.54) is 7.11 Å². The molecule has 2 bridgehead atoms. The molecule has 2 radical (unpaired) electrons. The molecule has 0 spiro atoms. The summed E-state index contributed by atoms with van der Waals surface area (Å²) in [6, 6.07) is -0.774. The second-order valence-corrected chi connectivity index (χ2v) is 5.60. The van der Waals surface area contributed by atoms with Crippen molar-refractivity contribution in [2.45, 2.75) is 23.8 Å². The summed E-state index contributed by atoms with van der Waals surface area (Å²) in [7, 11) is 4.06. The molecule has 2 aliphatic heterocycles. The van der Waals surface area contributed by atoms with Crippen LogP contribution in [-0.2, 0) is 32.6 Å². The molecule has 0 aliphatic carbocycles. The molecule has 0 aromatic carbocycles. The maximum Gasteiger partial charge on any atom is 0.502 e. The first-order chi connectivity index (χ1) is 8.50. The van der Waals surface area contributed by atoms with E-state index in [0.717, 1.165) is 7.11 Å². The molecule has 0 aromatic rings. The number of aliphatic hydroxyl groups excluding tert-OH is 1. The van der Waals surface area contributed by atoms with E-state index in [1.54, 1.807) is 0 Å². The lowest BCUT2D eigenvalue weighted by atomic mass is 9.92. The van der Waals surface area contributed by atoms with Crippen LogP contribution in [0.5, 0.6) is 0 Å². The summed E-state index contributed by atoms with van der Waals surface area (Å²) in [5, 5.41) is 9.39. The number of ether oxygens (including phenoxy) is 2. The van der Waals surface area contributed by atoms with Gasteiger partial charge in [-0.05, 0) is 0 Å². The van der Waals surface area contributed by atoms with Gasteiger partial charge in [0.1, 0.15) is 25.7 Å². The number of phosphoric ester groups is 1. The van der Waals surface area contributed by atoms with E-state index < -0.39 is 38.2 Å². The predicted molar refractivity (Wildman–Crippen MR) is 57.8 cm³/mol. The zero-order chi connectivity index (χ0) is 13.4.